The van der Waals surface area contributed by atoms with E-state index in [-0.39, 0.29) is 0 Å². The minimum Gasteiger partial charge on any atom is -0.316 e. The third kappa shape index (κ3) is 4.98. The van der Waals surface area contributed by atoms with E-state index in [0.717, 1.165) is 17.8 Å². The molecule has 0 spiro atoms. The molecule has 1 rings (SSSR count). The van der Waals surface area contributed by atoms with Crippen LogP contribution in [0.1, 0.15) is 33.6 Å². The molecule has 0 radical (unpaired) electrons. The van der Waals surface area contributed by atoms with Crippen LogP contribution < -0.4 is 5.32 Å². The number of nitrogens with one attached hydrogen (secondary N) is 1. The molecule has 1 fully saturated rings. The van der Waals surface area contributed by atoms with Crippen LogP contribution >= 0.6 is 0 Å². The lowest BCUT2D eigenvalue weighted by molar-refractivity contribution is 0.203. The fourth-order valence-corrected chi connectivity index (χ4v) is 2.19. The number of hydrogen-bond donors (Lipinski definition) is 1. The molecule has 0 saturated carbocycles. The molecule has 0 bridgehead atoms. The summed E-state index contributed by atoms with van der Waals surface area (Å²) < 4.78 is 0. The highest BCUT2D eigenvalue weighted by Crippen LogP contribution is 2.14. The summed E-state index contributed by atoms with van der Waals surface area (Å²) in [6.45, 7) is 11.9. The van der Waals surface area contributed by atoms with E-state index in [0.29, 0.717) is 0 Å². The van der Waals surface area contributed by atoms with Crippen molar-refractivity contribution >= 4 is 0 Å². The predicted molar refractivity (Wildman–Crippen MR) is 67.1 cm³/mol. The summed E-state index contributed by atoms with van der Waals surface area (Å²) in [4.78, 5) is 2.46. The van der Waals surface area contributed by atoms with Crippen molar-refractivity contribution in [2.45, 2.75) is 33.6 Å². The van der Waals surface area contributed by atoms with Crippen LogP contribution in [0, 0.1) is 17.8 Å². The van der Waals surface area contributed by atoms with Crippen molar-refractivity contribution in [2.75, 3.05) is 33.2 Å². The molecule has 1 heterocycles. The smallest absolute Gasteiger partial charge is 0.00187 e. The number of piperidine rings is 1. The first-order chi connectivity index (χ1) is 7.09. The average Bonchev–Trinajstić information content (AvgIpc) is 2.17. The maximum Gasteiger partial charge on any atom is 0.00187 e. The monoisotopic (exact) mass is 212 g/mol. The molecule has 15 heavy (non-hydrogen) atoms. The van der Waals surface area contributed by atoms with Crippen molar-refractivity contribution in [2.24, 2.45) is 17.8 Å². The SMILES string of the molecule is CC(C)C(C)CNCC1CCCN(C)C1. The van der Waals surface area contributed by atoms with E-state index < -0.39 is 0 Å². The first-order valence-electron chi connectivity index (χ1n) is 6.49. The van der Waals surface area contributed by atoms with Crippen LogP contribution in [-0.4, -0.2) is 38.1 Å². The van der Waals surface area contributed by atoms with Crippen LogP contribution in [0.5, 0.6) is 0 Å². The summed E-state index contributed by atoms with van der Waals surface area (Å²) in [5.74, 6) is 2.47. The highest BCUT2D eigenvalue weighted by molar-refractivity contribution is 4.73. The van der Waals surface area contributed by atoms with Gasteiger partial charge in [-0.05, 0) is 57.3 Å². The van der Waals surface area contributed by atoms with Gasteiger partial charge in [-0.2, -0.15) is 0 Å². The first kappa shape index (κ1) is 13.0. The second kappa shape index (κ2) is 6.49. The Bertz CT molecular complexity index is 168. The third-order valence-corrected chi connectivity index (χ3v) is 3.76. The van der Waals surface area contributed by atoms with Crippen molar-refractivity contribution in [1.29, 1.82) is 0 Å². The van der Waals surface area contributed by atoms with Gasteiger partial charge in [0.05, 0.1) is 0 Å². The van der Waals surface area contributed by atoms with E-state index in [9.17, 15) is 0 Å². The molecule has 1 aliphatic rings. The molecule has 0 aliphatic carbocycles. The normalized spacial score (nSPS) is 25.8. The fourth-order valence-electron chi connectivity index (χ4n) is 2.19. The van der Waals surface area contributed by atoms with E-state index in [1.54, 1.807) is 0 Å². The Morgan fingerprint density at radius 2 is 2.07 bits per heavy atom. The van der Waals surface area contributed by atoms with Gasteiger partial charge < -0.3 is 10.2 Å². The topological polar surface area (TPSA) is 15.3 Å². The largest absolute Gasteiger partial charge is 0.316 e. The Morgan fingerprint density at radius 1 is 1.33 bits per heavy atom. The van der Waals surface area contributed by atoms with Crippen LogP contribution in [0.4, 0.5) is 0 Å². The van der Waals surface area contributed by atoms with Gasteiger partial charge in [0.15, 0.2) is 0 Å². The van der Waals surface area contributed by atoms with Crippen LogP contribution in [0.2, 0.25) is 0 Å². The zero-order valence-corrected chi connectivity index (χ0v) is 10.9. The lowest BCUT2D eigenvalue weighted by Gasteiger charge is -2.30. The summed E-state index contributed by atoms with van der Waals surface area (Å²) >= 11 is 0. The van der Waals surface area contributed by atoms with Gasteiger partial charge >= 0.3 is 0 Å². The highest BCUT2D eigenvalue weighted by Gasteiger charge is 2.16. The minimum absolute atomic E-state index is 0.798. The van der Waals surface area contributed by atoms with Gasteiger partial charge in [-0.25, -0.2) is 0 Å². The van der Waals surface area contributed by atoms with Crippen LogP contribution in [0.25, 0.3) is 0 Å². The van der Waals surface area contributed by atoms with E-state index in [2.05, 4.69) is 38.0 Å². The Morgan fingerprint density at radius 3 is 2.67 bits per heavy atom. The second-order valence-corrected chi connectivity index (χ2v) is 5.65. The van der Waals surface area contributed by atoms with Gasteiger partial charge in [-0.15, -0.1) is 0 Å². The Hall–Kier alpha value is -0.0800. The molecule has 90 valence electrons. The second-order valence-electron chi connectivity index (χ2n) is 5.65. The average molecular weight is 212 g/mol. The first-order valence-corrected chi connectivity index (χ1v) is 6.49. The molecular weight excluding hydrogens is 184 g/mol. The lowest BCUT2D eigenvalue weighted by Crippen LogP contribution is -2.38. The van der Waals surface area contributed by atoms with Gasteiger partial charge in [0, 0.05) is 6.54 Å². The molecule has 0 aromatic carbocycles. The summed E-state index contributed by atoms with van der Waals surface area (Å²) in [7, 11) is 2.24. The summed E-state index contributed by atoms with van der Waals surface area (Å²) in [6, 6.07) is 0. The molecule has 2 atom stereocenters. The Labute approximate surface area is 95.4 Å². The van der Waals surface area contributed by atoms with Crippen molar-refractivity contribution < 1.29 is 0 Å². The van der Waals surface area contributed by atoms with E-state index in [1.807, 2.05) is 0 Å². The predicted octanol–water partition coefficient (Wildman–Crippen LogP) is 2.21. The van der Waals surface area contributed by atoms with Gasteiger partial charge in [0.2, 0.25) is 0 Å². The Balaban J connectivity index is 2.09. The Kier molecular flexibility index (Phi) is 5.62. The van der Waals surface area contributed by atoms with E-state index in [4.69, 9.17) is 0 Å². The van der Waals surface area contributed by atoms with Crippen molar-refractivity contribution in [3.8, 4) is 0 Å². The van der Waals surface area contributed by atoms with E-state index >= 15 is 0 Å². The van der Waals surface area contributed by atoms with Crippen LogP contribution in [0.3, 0.4) is 0 Å². The van der Waals surface area contributed by atoms with Crippen LogP contribution in [-0.2, 0) is 0 Å². The van der Waals surface area contributed by atoms with Gasteiger partial charge in [-0.1, -0.05) is 20.8 Å². The quantitative estimate of drug-likeness (QED) is 0.751. The van der Waals surface area contributed by atoms with E-state index in [1.165, 1.54) is 39.0 Å². The maximum absolute atomic E-state index is 3.63. The molecular formula is C13H28N2. The summed E-state index contributed by atoms with van der Waals surface area (Å²) in [5, 5.41) is 3.63. The summed E-state index contributed by atoms with van der Waals surface area (Å²) in [5.41, 5.74) is 0. The lowest BCUT2D eigenvalue weighted by atomic mass is 9.96. The van der Waals surface area contributed by atoms with Gasteiger partial charge in [0.25, 0.3) is 0 Å². The standard InChI is InChI=1S/C13H28N2/c1-11(2)12(3)8-14-9-13-6-5-7-15(4)10-13/h11-14H,5-10H2,1-4H3. The van der Waals surface area contributed by atoms with Gasteiger partial charge in [0.1, 0.15) is 0 Å². The minimum atomic E-state index is 0.798. The number of likely N-dealkylation sites (tertiary alicyclic amines) is 1. The number of nitrogens with zero attached hydrogens (tertiary/aromatic N) is 1. The highest BCUT2D eigenvalue weighted by atomic mass is 15.1. The number of hydrogen-bond acceptors (Lipinski definition) is 2. The van der Waals surface area contributed by atoms with Gasteiger partial charge in [-0.3, -0.25) is 0 Å². The molecule has 0 amide bonds. The molecule has 2 unspecified atom stereocenters. The zero-order valence-electron chi connectivity index (χ0n) is 10.9. The molecule has 1 saturated heterocycles. The van der Waals surface area contributed by atoms with Crippen molar-refractivity contribution in [3.63, 3.8) is 0 Å². The molecule has 2 heteroatoms. The molecule has 2 nitrogen and oxygen atoms in total. The third-order valence-electron chi connectivity index (χ3n) is 3.76. The fraction of sp³-hybridized carbons (Fsp3) is 1.00. The van der Waals surface area contributed by atoms with Crippen molar-refractivity contribution in [1.82, 2.24) is 10.2 Å². The zero-order chi connectivity index (χ0) is 11.3. The maximum atomic E-state index is 3.63. The molecule has 1 N–H and O–H groups in total. The molecule has 1 aliphatic heterocycles. The van der Waals surface area contributed by atoms with Crippen molar-refractivity contribution in [3.05, 3.63) is 0 Å². The summed E-state index contributed by atoms with van der Waals surface area (Å²) in [6.07, 6.45) is 2.79. The molecule has 0 aromatic rings. The van der Waals surface area contributed by atoms with Crippen LogP contribution in [0.15, 0.2) is 0 Å². The molecule has 0 aromatic heterocycles. The number of rotatable bonds is 5.